The van der Waals surface area contributed by atoms with Gasteiger partial charge in [0.25, 0.3) is 0 Å². The molecule has 0 saturated heterocycles. The fraction of sp³-hybridized carbons (Fsp3) is 0.190. The molecular formula is C21H21N3O3. The maximum absolute atomic E-state index is 12.0. The average molecular weight is 363 g/mol. The molecule has 0 bridgehead atoms. The number of hydrogen-bond donors (Lipinski definition) is 2. The molecule has 2 N–H and O–H groups in total. The zero-order valence-corrected chi connectivity index (χ0v) is 15.1. The lowest BCUT2D eigenvalue weighted by atomic mass is 10.1. The van der Waals surface area contributed by atoms with Gasteiger partial charge < -0.3 is 15.4 Å². The summed E-state index contributed by atoms with van der Waals surface area (Å²) in [6.07, 6.45) is 2.38. The first kappa shape index (κ1) is 19.7. The van der Waals surface area contributed by atoms with E-state index in [1.807, 2.05) is 30.3 Å². The number of nitriles is 1. The summed E-state index contributed by atoms with van der Waals surface area (Å²) in [4.78, 5) is 23.6. The Morgan fingerprint density at radius 2 is 1.74 bits per heavy atom. The van der Waals surface area contributed by atoms with Crippen LogP contribution in [0.25, 0.3) is 0 Å². The molecule has 6 heteroatoms. The first-order valence-electron chi connectivity index (χ1n) is 8.60. The first-order chi connectivity index (χ1) is 13.1. The number of anilines is 2. The molecule has 1 amide bonds. The van der Waals surface area contributed by atoms with Gasteiger partial charge in [0.2, 0.25) is 5.91 Å². The Morgan fingerprint density at radius 1 is 1.07 bits per heavy atom. The number of nitrogens with one attached hydrogen (secondary N) is 2. The van der Waals surface area contributed by atoms with Crippen LogP contribution in [0.15, 0.2) is 66.4 Å². The Bertz CT molecular complexity index is 837. The van der Waals surface area contributed by atoms with Crippen molar-refractivity contribution in [1.82, 2.24) is 0 Å². The summed E-state index contributed by atoms with van der Waals surface area (Å²) in [7, 11) is 0. The third-order valence-electron chi connectivity index (χ3n) is 3.65. The monoisotopic (exact) mass is 363 g/mol. The van der Waals surface area contributed by atoms with Crippen molar-refractivity contribution < 1.29 is 14.3 Å². The van der Waals surface area contributed by atoms with Crippen LogP contribution < -0.4 is 10.6 Å². The van der Waals surface area contributed by atoms with E-state index < -0.39 is 5.97 Å². The largest absolute Gasteiger partial charge is 0.462 e. The maximum atomic E-state index is 12.0. The van der Waals surface area contributed by atoms with Crippen molar-refractivity contribution in [2.45, 2.75) is 19.8 Å². The smallest absolute Gasteiger partial charge is 0.350 e. The Kier molecular flexibility index (Phi) is 7.61. The minimum atomic E-state index is -0.671. The second-order valence-electron chi connectivity index (χ2n) is 5.65. The molecule has 0 spiro atoms. The number of amides is 1. The van der Waals surface area contributed by atoms with Gasteiger partial charge in [0.15, 0.2) is 5.57 Å². The molecule has 2 aromatic carbocycles. The van der Waals surface area contributed by atoms with Crippen molar-refractivity contribution in [2.75, 3.05) is 17.2 Å². The lowest BCUT2D eigenvalue weighted by Crippen LogP contribution is -2.12. The highest BCUT2D eigenvalue weighted by atomic mass is 16.5. The van der Waals surface area contributed by atoms with Crippen LogP contribution in [-0.4, -0.2) is 18.5 Å². The number of hydrogen-bond acceptors (Lipinski definition) is 5. The molecule has 0 unspecified atom stereocenters. The van der Waals surface area contributed by atoms with Crippen LogP contribution in [0.2, 0.25) is 0 Å². The molecule has 2 rings (SSSR count). The van der Waals surface area contributed by atoms with Gasteiger partial charge in [-0.1, -0.05) is 30.3 Å². The molecule has 0 aliphatic carbocycles. The molecule has 0 saturated carbocycles. The van der Waals surface area contributed by atoms with E-state index in [-0.39, 0.29) is 18.1 Å². The van der Waals surface area contributed by atoms with Gasteiger partial charge in [0, 0.05) is 24.0 Å². The highest BCUT2D eigenvalue weighted by Crippen LogP contribution is 2.15. The zero-order chi connectivity index (χ0) is 19.5. The van der Waals surface area contributed by atoms with Crippen molar-refractivity contribution in [3.63, 3.8) is 0 Å². The molecule has 2 aromatic rings. The summed E-state index contributed by atoms with van der Waals surface area (Å²) in [5.74, 6) is -0.733. The Labute approximate surface area is 158 Å². The lowest BCUT2D eigenvalue weighted by Gasteiger charge is -2.07. The third-order valence-corrected chi connectivity index (χ3v) is 3.65. The van der Waals surface area contributed by atoms with E-state index in [0.717, 1.165) is 5.56 Å². The van der Waals surface area contributed by atoms with Crippen molar-refractivity contribution in [2.24, 2.45) is 0 Å². The molecular weight excluding hydrogens is 342 g/mol. The summed E-state index contributed by atoms with van der Waals surface area (Å²) < 4.78 is 4.78. The van der Waals surface area contributed by atoms with Gasteiger partial charge in [-0.05, 0) is 43.2 Å². The van der Waals surface area contributed by atoms with Crippen LogP contribution in [0.4, 0.5) is 11.4 Å². The lowest BCUT2D eigenvalue weighted by molar-refractivity contribution is -0.138. The predicted molar refractivity (Wildman–Crippen MR) is 104 cm³/mol. The number of carbonyl (C=O) groups is 2. The number of nitrogens with zero attached hydrogens (tertiary/aromatic N) is 1. The van der Waals surface area contributed by atoms with Crippen LogP contribution in [-0.2, 0) is 20.7 Å². The summed E-state index contributed by atoms with van der Waals surface area (Å²) in [6.45, 7) is 1.88. The highest BCUT2D eigenvalue weighted by molar-refractivity contribution is 5.93. The quantitative estimate of drug-likeness (QED) is 0.424. The van der Waals surface area contributed by atoms with Gasteiger partial charge in [-0.2, -0.15) is 5.26 Å². The molecule has 0 aliphatic rings. The van der Waals surface area contributed by atoms with E-state index in [1.165, 1.54) is 6.20 Å². The molecule has 138 valence electrons. The average Bonchev–Trinajstić information content (AvgIpc) is 2.69. The number of benzene rings is 2. The number of rotatable bonds is 8. The van der Waals surface area contributed by atoms with Crippen LogP contribution in [0.5, 0.6) is 0 Å². The number of aryl methyl sites for hydroxylation is 1. The third kappa shape index (κ3) is 6.67. The summed E-state index contributed by atoms with van der Waals surface area (Å²) in [5.41, 5.74) is 2.35. The number of esters is 1. The molecule has 0 aromatic heterocycles. The molecule has 0 aliphatic heterocycles. The van der Waals surface area contributed by atoms with Gasteiger partial charge in [-0.15, -0.1) is 0 Å². The fourth-order valence-electron chi connectivity index (χ4n) is 2.28. The second-order valence-corrected chi connectivity index (χ2v) is 5.65. The molecule has 0 fully saturated rings. The van der Waals surface area contributed by atoms with Crippen molar-refractivity contribution in [1.29, 1.82) is 5.26 Å². The second kappa shape index (κ2) is 10.4. The minimum absolute atomic E-state index is 0.0615. The van der Waals surface area contributed by atoms with E-state index in [9.17, 15) is 9.59 Å². The number of ether oxygens (including phenoxy) is 1. The van der Waals surface area contributed by atoms with E-state index in [4.69, 9.17) is 10.00 Å². The summed E-state index contributed by atoms with van der Waals surface area (Å²) in [6, 6.07) is 18.6. The first-order valence-corrected chi connectivity index (χ1v) is 8.60. The highest BCUT2D eigenvalue weighted by Gasteiger charge is 2.09. The minimum Gasteiger partial charge on any atom is -0.462 e. The van der Waals surface area contributed by atoms with Crippen molar-refractivity contribution in [3.05, 3.63) is 71.9 Å². The Hall–Kier alpha value is -3.59. The van der Waals surface area contributed by atoms with Crippen LogP contribution in [0.1, 0.15) is 18.9 Å². The summed E-state index contributed by atoms with van der Waals surface area (Å²) >= 11 is 0. The van der Waals surface area contributed by atoms with Crippen LogP contribution in [0, 0.1) is 11.3 Å². The normalized spacial score (nSPS) is 10.6. The fourth-order valence-corrected chi connectivity index (χ4v) is 2.28. The van der Waals surface area contributed by atoms with E-state index in [1.54, 1.807) is 37.3 Å². The van der Waals surface area contributed by atoms with E-state index in [2.05, 4.69) is 10.6 Å². The number of carbonyl (C=O) groups excluding carboxylic acids is 2. The van der Waals surface area contributed by atoms with Crippen molar-refractivity contribution >= 4 is 23.3 Å². The maximum Gasteiger partial charge on any atom is 0.350 e. The molecule has 0 heterocycles. The van der Waals surface area contributed by atoms with Crippen molar-refractivity contribution in [3.8, 4) is 6.07 Å². The van der Waals surface area contributed by atoms with Gasteiger partial charge >= 0.3 is 5.97 Å². The van der Waals surface area contributed by atoms with Crippen LogP contribution >= 0.6 is 0 Å². The van der Waals surface area contributed by atoms with E-state index in [0.29, 0.717) is 24.2 Å². The Morgan fingerprint density at radius 3 is 2.37 bits per heavy atom. The summed E-state index contributed by atoms with van der Waals surface area (Å²) in [5, 5.41) is 14.7. The van der Waals surface area contributed by atoms with Crippen LogP contribution in [0.3, 0.4) is 0 Å². The molecule has 27 heavy (non-hydrogen) atoms. The van der Waals surface area contributed by atoms with Gasteiger partial charge in [0.05, 0.1) is 6.61 Å². The SMILES string of the molecule is CCOC(=O)/C(C#N)=C/Nc1ccc(NC(=O)CCc2ccccc2)cc1. The predicted octanol–water partition coefficient (Wildman–Crippen LogP) is 3.64. The van der Waals surface area contributed by atoms with Gasteiger partial charge in [0.1, 0.15) is 6.07 Å². The van der Waals surface area contributed by atoms with Gasteiger partial charge in [-0.25, -0.2) is 4.79 Å². The topological polar surface area (TPSA) is 91.2 Å². The zero-order valence-electron chi connectivity index (χ0n) is 15.1. The standard InChI is InChI=1S/C21H21N3O3/c1-2-27-21(26)17(14-22)15-23-18-9-11-19(12-10-18)24-20(25)13-8-16-6-4-3-5-7-16/h3-7,9-12,15,23H,2,8,13H2,1H3,(H,24,25)/b17-15+. The molecule has 0 atom stereocenters. The molecule has 0 radical (unpaired) electrons. The van der Waals surface area contributed by atoms with Gasteiger partial charge in [-0.3, -0.25) is 4.79 Å². The Balaban J connectivity index is 1.86. The molecule has 6 nitrogen and oxygen atoms in total. The van der Waals surface area contributed by atoms with E-state index >= 15 is 0 Å².